The monoisotopic (exact) mass is 264 g/mol. The molecule has 1 aromatic carbocycles. The molecule has 2 aromatic rings. The molecule has 0 spiro atoms. The molecule has 1 heterocycles. The lowest BCUT2D eigenvalue weighted by molar-refractivity contribution is 0.00608. The zero-order valence-electron chi connectivity index (χ0n) is 11.5. The van der Waals surface area contributed by atoms with Gasteiger partial charge in [0.15, 0.2) is 5.69 Å². The van der Waals surface area contributed by atoms with Crippen LogP contribution in [-0.4, -0.2) is 16.1 Å². The highest BCUT2D eigenvalue weighted by Gasteiger charge is 2.25. The zero-order valence-corrected chi connectivity index (χ0v) is 11.5. The first-order chi connectivity index (χ1) is 8.72. The number of fused-ring (bicyclic) bond motifs is 1. The highest BCUT2D eigenvalue weighted by molar-refractivity contribution is 6.06. The maximum Gasteiger partial charge on any atom is 0.357 e. The topological polar surface area (TPSA) is 57.2 Å². The molecule has 0 unspecified atom stereocenters. The molecule has 0 amide bonds. The van der Waals surface area contributed by atoms with E-state index in [9.17, 15) is 9.18 Å². The van der Waals surface area contributed by atoms with E-state index in [1.807, 2.05) is 0 Å². The number of rotatable bonds is 1. The number of nitrogens with zero attached hydrogens (tertiary/aromatic N) is 1. The van der Waals surface area contributed by atoms with E-state index in [1.165, 1.54) is 6.07 Å². The van der Waals surface area contributed by atoms with Crippen molar-refractivity contribution in [1.29, 1.82) is 0 Å². The van der Waals surface area contributed by atoms with Gasteiger partial charge < -0.3 is 15.0 Å². The van der Waals surface area contributed by atoms with Gasteiger partial charge in [0.25, 0.3) is 0 Å². The van der Waals surface area contributed by atoms with Gasteiger partial charge in [0.05, 0.1) is 16.6 Å². The van der Waals surface area contributed by atoms with E-state index in [2.05, 4.69) is 0 Å². The lowest BCUT2D eigenvalue weighted by atomic mass is 10.2. The average Bonchev–Trinajstić information content (AvgIpc) is 2.50. The first kappa shape index (κ1) is 13.4. The predicted octanol–water partition coefficient (Wildman–Crippen LogP) is 2.85. The Bertz CT molecular complexity index is 653. The van der Waals surface area contributed by atoms with E-state index in [0.717, 1.165) is 0 Å². The van der Waals surface area contributed by atoms with Gasteiger partial charge in [0.2, 0.25) is 0 Å². The van der Waals surface area contributed by atoms with Crippen LogP contribution in [0.4, 0.5) is 10.1 Å². The molecule has 0 aliphatic heterocycles. The van der Waals surface area contributed by atoms with Crippen molar-refractivity contribution in [3.63, 3.8) is 0 Å². The normalized spacial score (nSPS) is 11.8. The van der Waals surface area contributed by atoms with Crippen LogP contribution in [0.5, 0.6) is 0 Å². The molecule has 5 heteroatoms. The summed E-state index contributed by atoms with van der Waals surface area (Å²) in [5.74, 6) is -0.997. The van der Waals surface area contributed by atoms with E-state index < -0.39 is 17.4 Å². The molecular formula is C14H17FN2O2. The summed E-state index contributed by atoms with van der Waals surface area (Å²) in [6.07, 6.45) is 0. The third kappa shape index (κ3) is 2.28. The predicted molar refractivity (Wildman–Crippen MR) is 72.5 cm³/mol. The molecule has 19 heavy (non-hydrogen) atoms. The van der Waals surface area contributed by atoms with Crippen LogP contribution >= 0.6 is 0 Å². The van der Waals surface area contributed by atoms with Gasteiger partial charge in [0.1, 0.15) is 11.4 Å². The minimum Gasteiger partial charge on any atom is -0.455 e. The molecule has 0 saturated carbocycles. The summed E-state index contributed by atoms with van der Waals surface area (Å²) in [5, 5.41) is 0.255. The van der Waals surface area contributed by atoms with Gasteiger partial charge in [0, 0.05) is 7.05 Å². The van der Waals surface area contributed by atoms with Crippen molar-refractivity contribution in [2.24, 2.45) is 7.05 Å². The number of carbonyl (C=O) groups excluding carboxylic acids is 1. The van der Waals surface area contributed by atoms with Crippen LogP contribution < -0.4 is 5.73 Å². The molecule has 0 atom stereocenters. The first-order valence-corrected chi connectivity index (χ1v) is 5.98. The first-order valence-electron chi connectivity index (χ1n) is 5.98. The Kier molecular flexibility index (Phi) is 3.00. The third-order valence-electron chi connectivity index (χ3n) is 2.81. The third-order valence-corrected chi connectivity index (χ3v) is 2.81. The van der Waals surface area contributed by atoms with Crippen molar-refractivity contribution >= 4 is 22.6 Å². The van der Waals surface area contributed by atoms with Gasteiger partial charge in [-0.3, -0.25) is 0 Å². The Labute approximate surface area is 111 Å². The number of anilines is 1. The van der Waals surface area contributed by atoms with Gasteiger partial charge in [-0.25, -0.2) is 9.18 Å². The van der Waals surface area contributed by atoms with Crippen LogP contribution in [0.1, 0.15) is 31.3 Å². The highest BCUT2D eigenvalue weighted by atomic mass is 19.1. The van der Waals surface area contributed by atoms with Crippen LogP contribution in [0.25, 0.3) is 10.9 Å². The van der Waals surface area contributed by atoms with E-state index in [1.54, 1.807) is 44.5 Å². The molecule has 2 N–H and O–H groups in total. The van der Waals surface area contributed by atoms with Crippen LogP contribution in [0.2, 0.25) is 0 Å². The summed E-state index contributed by atoms with van der Waals surface area (Å²) in [5.41, 5.74) is 6.13. The lowest BCUT2D eigenvalue weighted by Gasteiger charge is -2.19. The summed E-state index contributed by atoms with van der Waals surface area (Å²) < 4.78 is 20.6. The minimum absolute atomic E-state index is 0.116. The second kappa shape index (κ2) is 4.26. The Balaban J connectivity index is 2.62. The summed E-state index contributed by atoms with van der Waals surface area (Å²) in [7, 11) is 1.66. The molecule has 1 aromatic heterocycles. The smallest absolute Gasteiger partial charge is 0.357 e. The number of hydrogen-bond donors (Lipinski definition) is 1. The van der Waals surface area contributed by atoms with E-state index in [0.29, 0.717) is 5.52 Å². The maximum atomic E-state index is 13.8. The standard InChI is InChI=1S/C14H17FN2O2/c1-14(2,3)19-13(18)12-11(16)10-8(15)6-5-7-9(10)17(12)4/h5-7H,16H2,1-4H3. The summed E-state index contributed by atoms with van der Waals surface area (Å²) in [6, 6.07) is 4.61. The summed E-state index contributed by atoms with van der Waals surface area (Å²) in [4.78, 5) is 12.1. The van der Waals surface area contributed by atoms with Gasteiger partial charge in [-0.15, -0.1) is 0 Å². The van der Waals surface area contributed by atoms with Gasteiger partial charge in [-0.2, -0.15) is 0 Å². The van der Waals surface area contributed by atoms with Crippen molar-refractivity contribution < 1.29 is 13.9 Å². The van der Waals surface area contributed by atoms with Crippen LogP contribution in [0, 0.1) is 5.82 Å². The van der Waals surface area contributed by atoms with Crippen LogP contribution in [0.15, 0.2) is 18.2 Å². The second-order valence-corrected chi connectivity index (χ2v) is 5.46. The van der Waals surface area contributed by atoms with Gasteiger partial charge in [-0.1, -0.05) is 6.07 Å². The molecule has 2 rings (SSSR count). The molecule has 0 aliphatic carbocycles. The number of carbonyl (C=O) groups is 1. The highest BCUT2D eigenvalue weighted by Crippen LogP contribution is 2.31. The second-order valence-electron chi connectivity index (χ2n) is 5.46. The Morgan fingerprint density at radius 2 is 2.00 bits per heavy atom. The van der Waals surface area contributed by atoms with Gasteiger partial charge >= 0.3 is 5.97 Å². The molecular weight excluding hydrogens is 247 g/mol. The fraction of sp³-hybridized carbons (Fsp3) is 0.357. The molecule has 0 aliphatic rings. The van der Waals surface area contributed by atoms with Gasteiger partial charge in [-0.05, 0) is 32.9 Å². The van der Waals surface area contributed by atoms with E-state index in [-0.39, 0.29) is 16.8 Å². The summed E-state index contributed by atoms with van der Waals surface area (Å²) in [6.45, 7) is 5.30. The number of ether oxygens (including phenoxy) is 1. The molecule has 0 fully saturated rings. The van der Waals surface area contributed by atoms with Crippen molar-refractivity contribution in [1.82, 2.24) is 4.57 Å². The van der Waals surface area contributed by atoms with Crippen LogP contribution in [0.3, 0.4) is 0 Å². The molecule has 0 bridgehead atoms. The number of nitrogen functional groups attached to an aromatic ring is 1. The van der Waals surface area contributed by atoms with E-state index >= 15 is 0 Å². The molecule has 4 nitrogen and oxygen atoms in total. The molecule has 0 radical (unpaired) electrons. The number of esters is 1. The fourth-order valence-corrected chi connectivity index (χ4v) is 2.05. The maximum absolute atomic E-state index is 13.8. The SMILES string of the molecule is Cn1c(C(=O)OC(C)(C)C)c(N)c2c(F)cccc21. The number of halogens is 1. The summed E-state index contributed by atoms with van der Waals surface area (Å²) >= 11 is 0. The van der Waals surface area contributed by atoms with E-state index in [4.69, 9.17) is 10.5 Å². The Morgan fingerprint density at radius 3 is 2.53 bits per heavy atom. The average molecular weight is 264 g/mol. The number of nitrogens with two attached hydrogens (primary N) is 1. The number of aromatic nitrogens is 1. The number of hydrogen-bond acceptors (Lipinski definition) is 3. The number of benzene rings is 1. The molecule has 102 valence electrons. The van der Waals surface area contributed by atoms with Crippen molar-refractivity contribution in [2.45, 2.75) is 26.4 Å². The zero-order chi connectivity index (χ0) is 14.4. The lowest BCUT2D eigenvalue weighted by Crippen LogP contribution is -2.25. The quantitative estimate of drug-likeness (QED) is 0.806. The Hall–Kier alpha value is -2.04. The van der Waals surface area contributed by atoms with Crippen molar-refractivity contribution in [2.75, 3.05) is 5.73 Å². The largest absolute Gasteiger partial charge is 0.455 e. The van der Waals surface area contributed by atoms with Crippen molar-refractivity contribution in [3.8, 4) is 0 Å². The number of aryl methyl sites for hydroxylation is 1. The Morgan fingerprint density at radius 1 is 1.37 bits per heavy atom. The minimum atomic E-state index is -0.626. The van der Waals surface area contributed by atoms with Crippen LogP contribution in [-0.2, 0) is 11.8 Å². The van der Waals surface area contributed by atoms with Crippen molar-refractivity contribution in [3.05, 3.63) is 29.7 Å². The molecule has 0 saturated heterocycles. The fourth-order valence-electron chi connectivity index (χ4n) is 2.05.